The number of carbonyl (C=O) groups is 1. The van der Waals surface area contributed by atoms with Gasteiger partial charge in [0.2, 0.25) is 0 Å². The van der Waals surface area contributed by atoms with Crippen molar-refractivity contribution >= 4 is 39.7 Å². The van der Waals surface area contributed by atoms with Crippen LogP contribution in [0.4, 0.5) is 0 Å². The number of halogens is 2. The Bertz CT molecular complexity index is 657. The first-order valence-electron chi connectivity index (χ1n) is 5.64. The molecule has 0 bridgehead atoms. The molecule has 2 N–H and O–H groups in total. The molecule has 102 valence electrons. The summed E-state index contributed by atoms with van der Waals surface area (Å²) in [5, 5.41) is 14.1. The summed E-state index contributed by atoms with van der Waals surface area (Å²) in [6.07, 6.45) is 1.49. The van der Waals surface area contributed by atoms with Crippen LogP contribution in [0.2, 0.25) is 5.02 Å². The van der Waals surface area contributed by atoms with Crippen molar-refractivity contribution in [3.05, 3.63) is 63.1 Å². The number of hydrazone groups is 1. The molecule has 6 heteroatoms. The van der Waals surface area contributed by atoms with Crippen LogP contribution in [-0.2, 0) is 0 Å². The predicted molar refractivity (Wildman–Crippen MR) is 82.3 cm³/mol. The second-order valence-electron chi connectivity index (χ2n) is 3.91. The molecule has 2 rings (SSSR count). The van der Waals surface area contributed by atoms with E-state index in [0.29, 0.717) is 9.50 Å². The van der Waals surface area contributed by atoms with Gasteiger partial charge < -0.3 is 5.11 Å². The van der Waals surface area contributed by atoms with Gasteiger partial charge in [0, 0.05) is 9.50 Å². The van der Waals surface area contributed by atoms with Gasteiger partial charge in [-0.2, -0.15) is 5.10 Å². The average molecular weight is 354 g/mol. The van der Waals surface area contributed by atoms with E-state index in [-0.39, 0.29) is 11.3 Å². The molecule has 20 heavy (non-hydrogen) atoms. The Hall–Kier alpha value is -1.85. The number of carbonyl (C=O) groups excluding carboxylic acids is 1. The first-order valence-corrected chi connectivity index (χ1v) is 6.81. The molecule has 2 aromatic carbocycles. The van der Waals surface area contributed by atoms with Crippen LogP contribution >= 0.6 is 27.5 Å². The fourth-order valence-electron chi connectivity index (χ4n) is 1.47. The van der Waals surface area contributed by atoms with Gasteiger partial charge in [0.1, 0.15) is 5.75 Å². The zero-order valence-corrected chi connectivity index (χ0v) is 12.5. The molecule has 0 saturated heterocycles. The quantitative estimate of drug-likeness (QED) is 0.654. The number of aromatic hydroxyl groups is 1. The Morgan fingerprint density at radius 1 is 1.25 bits per heavy atom. The van der Waals surface area contributed by atoms with Crippen LogP contribution in [0.1, 0.15) is 15.9 Å². The highest BCUT2D eigenvalue weighted by Crippen LogP contribution is 2.22. The van der Waals surface area contributed by atoms with Gasteiger partial charge in [-0.3, -0.25) is 4.79 Å². The zero-order chi connectivity index (χ0) is 14.5. The van der Waals surface area contributed by atoms with Gasteiger partial charge in [0.05, 0.1) is 11.8 Å². The van der Waals surface area contributed by atoms with Crippen LogP contribution in [-0.4, -0.2) is 17.2 Å². The number of hydrogen-bond acceptors (Lipinski definition) is 3. The van der Waals surface area contributed by atoms with E-state index in [1.807, 2.05) is 0 Å². The summed E-state index contributed by atoms with van der Waals surface area (Å²) < 4.78 is 0.691. The fourth-order valence-corrected chi connectivity index (χ4v) is 1.95. The normalized spacial score (nSPS) is 10.7. The Kier molecular flexibility index (Phi) is 4.76. The molecule has 0 aromatic heterocycles. The molecule has 0 saturated carbocycles. The van der Waals surface area contributed by atoms with Crippen molar-refractivity contribution in [3.63, 3.8) is 0 Å². The molecule has 0 radical (unpaired) electrons. The molecule has 0 unspecified atom stereocenters. The van der Waals surface area contributed by atoms with E-state index in [1.54, 1.807) is 30.3 Å². The van der Waals surface area contributed by atoms with Crippen molar-refractivity contribution < 1.29 is 9.90 Å². The second-order valence-corrected chi connectivity index (χ2v) is 5.26. The van der Waals surface area contributed by atoms with Crippen LogP contribution in [0.25, 0.3) is 0 Å². The minimum absolute atomic E-state index is 0.112. The predicted octanol–water partition coefficient (Wildman–Crippen LogP) is 3.57. The standard InChI is InChI=1S/C14H10BrClN2O2/c15-10-3-6-12(13(19)7-10)14(20)18-17-8-9-1-4-11(16)5-2-9/h1-8,19H,(H,18,20)/b17-8-. The number of phenols is 1. The minimum atomic E-state index is -0.486. The Morgan fingerprint density at radius 2 is 1.95 bits per heavy atom. The van der Waals surface area contributed by atoms with Crippen molar-refractivity contribution in [2.45, 2.75) is 0 Å². The van der Waals surface area contributed by atoms with Crippen molar-refractivity contribution in [1.82, 2.24) is 5.43 Å². The maximum atomic E-state index is 11.8. The van der Waals surface area contributed by atoms with E-state index in [2.05, 4.69) is 26.5 Å². The van der Waals surface area contributed by atoms with Crippen molar-refractivity contribution in [3.8, 4) is 5.75 Å². The van der Waals surface area contributed by atoms with Crippen LogP contribution < -0.4 is 5.43 Å². The minimum Gasteiger partial charge on any atom is -0.507 e. The SMILES string of the molecule is O=C(N/N=C\c1ccc(Cl)cc1)c1ccc(Br)cc1O. The number of amides is 1. The van der Waals surface area contributed by atoms with E-state index in [0.717, 1.165) is 5.56 Å². The first-order chi connectivity index (χ1) is 9.56. The van der Waals surface area contributed by atoms with Gasteiger partial charge in [-0.1, -0.05) is 39.7 Å². The first kappa shape index (κ1) is 14.6. The maximum Gasteiger partial charge on any atom is 0.275 e. The van der Waals surface area contributed by atoms with E-state index < -0.39 is 5.91 Å². The lowest BCUT2D eigenvalue weighted by Crippen LogP contribution is -2.17. The summed E-state index contributed by atoms with van der Waals surface area (Å²) in [5.74, 6) is -0.598. The molecule has 2 aromatic rings. The molecule has 0 aliphatic rings. The highest BCUT2D eigenvalue weighted by molar-refractivity contribution is 9.10. The molecule has 0 aliphatic carbocycles. The van der Waals surface area contributed by atoms with E-state index in [4.69, 9.17) is 11.6 Å². The summed E-state index contributed by atoms with van der Waals surface area (Å²) >= 11 is 8.96. The Labute approximate surface area is 129 Å². The molecule has 0 atom stereocenters. The van der Waals surface area contributed by atoms with E-state index in [9.17, 15) is 9.90 Å². The average Bonchev–Trinajstić information content (AvgIpc) is 2.41. The summed E-state index contributed by atoms with van der Waals surface area (Å²) in [6, 6.07) is 11.6. The third kappa shape index (κ3) is 3.82. The number of hydrogen-bond donors (Lipinski definition) is 2. The van der Waals surface area contributed by atoms with E-state index >= 15 is 0 Å². The van der Waals surface area contributed by atoms with Gasteiger partial charge in [0.15, 0.2) is 0 Å². The molecule has 0 fully saturated rings. The molecular formula is C14H10BrClN2O2. The number of phenolic OH excluding ortho intramolecular Hbond substituents is 1. The molecule has 4 nitrogen and oxygen atoms in total. The molecule has 0 aliphatic heterocycles. The summed E-state index contributed by atoms with van der Waals surface area (Å²) in [7, 11) is 0. The number of nitrogens with one attached hydrogen (secondary N) is 1. The van der Waals surface area contributed by atoms with Gasteiger partial charge in [-0.25, -0.2) is 5.43 Å². The van der Waals surface area contributed by atoms with Gasteiger partial charge in [-0.15, -0.1) is 0 Å². The third-order valence-electron chi connectivity index (χ3n) is 2.45. The molecule has 1 amide bonds. The van der Waals surface area contributed by atoms with Crippen molar-refractivity contribution in [1.29, 1.82) is 0 Å². The Morgan fingerprint density at radius 3 is 2.60 bits per heavy atom. The zero-order valence-electron chi connectivity index (χ0n) is 10.2. The highest BCUT2D eigenvalue weighted by Gasteiger charge is 2.09. The largest absolute Gasteiger partial charge is 0.507 e. The van der Waals surface area contributed by atoms with E-state index in [1.165, 1.54) is 18.3 Å². The molecular weight excluding hydrogens is 344 g/mol. The Balaban J connectivity index is 2.03. The second kappa shape index (κ2) is 6.54. The van der Waals surface area contributed by atoms with Gasteiger partial charge >= 0.3 is 0 Å². The van der Waals surface area contributed by atoms with Crippen molar-refractivity contribution in [2.75, 3.05) is 0 Å². The maximum absolute atomic E-state index is 11.8. The number of nitrogens with zero attached hydrogens (tertiary/aromatic N) is 1. The van der Waals surface area contributed by atoms with Crippen LogP contribution in [0.15, 0.2) is 52.0 Å². The summed E-state index contributed by atoms with van der Waals surface area (Å²) in [5.41, 5.74) is 3.30. The number of rotatable bonds is 3. The third-order valence-corrected chi connectivity index (χ3v) is 3.20. The monoisotopic (exact) mass is 352 g/mol. The molecule has 0 heterocycles. The van der Waals surface area contributed by atoms with Crippen LogP contribution in [0, 0.1) is 0 Å². The van der Waals surface area contributed by atoms with Crippen LogP contribution in [0.5, 0.6) is 5.75 Å². The smallest absolute Gasteiger partial charge is 0.275 e. The van der Waals surface area contributed by atoms with Crippen molar-refractivity contribution in [2.24, 2.45) is 5.10 Å². The molecule has 0 spiro atoms. The van der Waals surface area contributed by atoms with Gasteiger partial charge in [0.25, 0.3) is 5.91 Å². The lowest BCUT2D eigenvalue weighted by Gasteiger charge is -2.03. The summed E-state index contributed by atoms with van der Waals surface area (Å²) in [6.45, 7) is 0. The summed E-state index contributed by atoms with van der Waals surface area (Å²) in [4.78, 5) is 11.8. The van der Waals surface area contributed by atoms with Gasteiger partial charge in [-0.05, 0) is 35.9 Å². The number of benzene rings is 2. The lowest BCUT2D eigenvalue weighted by molar-refractivity contribution is 0.0952. The fraction of sp³-hybridized carbons (Fsp3) is 0. The highest BCUT2D eigenvalue weighted by atomic mass is 79.9. The topological polar surface area (TPSA) is 61.7 Å². The lowest BCUT2D eigenvalue weighted by atomic mass is 10.2. The van der Waals surface area contributed by atoms with Crippen LogP contribution in [0.3, 0.4) is 0 Å².